The molecule has 3 heterocycles. The van der Waals surface area contributed by atoms with Gasteiger partial charge in [-0.2, -0.15) is 5.26 Å². The topological polar surface area (TPSA) is 134 Å². The molecule has 4 aromatic rings. The van der Waals surface area contributed by atoms with Crippen LogP contribution in [0.2, 0.25) is 0 Å². The molecule has 3 aromatic heterocycles. The first-order valence-electron chi connectivity index (χ1n) is 10.2. The lowest BCUT2D eigenvalue weighted by atomic mass is 10.1. The van der Waals surface area contributed by atoms with Crippen LogP contribution in [0.5, 0.6) is 0 Å². The fraction of sp³-hybridized carbons (Fsp3) is 0.174. The maximum Gasteiger partial charge on any atom is 0.251 e. The average molecular weight is 439 g/mol. The summed E-state index contributed by atoms with van der Waals surface area (Å²) < 4.78 is 1.84. The van der Waals surface area contributed by atoms with Crippen LogP contribution in [0.1, 0.15) is 32.9 Å². The molecule has 0 bridgehead atoms. The van der Waals surface area contributed by atoms with Crippen molar-refractivity contribution in [3.8, 4) is 17.6 Å². The third kappa shape index (κ3) is 4.99. The Kier molecular flexibility index (Phi) is 6.31. The molecule has 0 atom stereocenters. The molecule has 10 heteroatoms. The first kappa shape index (κ1) is 21.6. The van der Waals surface area contributed by atoms with Gasteiger partial charge in [-0.3, -0.25) is 4.79 Å². The van der Waals surface area contributed by atoms with Gasteiger partial charge in [0.2, 0.25) is 0 Å². The Labute approximate surface area is 190 Å². The molecule has 164 valence electrons. The second-order valence-corrected chi connectivity index (χ2v) is 7.31. The predicted octanol–water partition coefficient (Wildman–Crippen LogP) is 2.39. The van der Waals surface area contributed by atoms with Gasteiger partial charge < -0.3 is 15.2 Å². The number of amides is 1. The molecule has 10 nitrogen and oxygen atoms in total. The summed E-state index contributed by atoms with van der Waals surface area (Å²) in [5.41, 5.74) is 3.62. The van der Waals surface area contributed by atoms with E-state index >= 15 is 0 Å². The summed E-state index contributed by atoms with van der Waals surface area (Å²) >= 11 is 0. The van der Waals surface area contributed by atoms with E-state index in [-0.39, 0.29) is 5.91 Å². The fourth-order valence-corrected chi connectivity index (χ4v) is 3.21. The number of nitrogens with zero attached hydrogens (tertiary/aromatic N) is 7. The lowest BCUT2D eigenvalue weighted by Gasteiger charge is -2.10. The number of pyridine rings is 1. The van der Waals surface area contributed by atoms with Crippen LogP contribution in [0.4, 0.5) is 5.82 Å². The number of carbonyl (C=O) groups is 1. The van der Waals surface area contributed by atoms with E-state index in [0.717, 1.165) is 11.1 Å². The molecule has 33 heavy (non-hydrogen) atoms. The minimum atomic E-state index is -0.230. The Morgan fingerprint density at radius 2 is 1.97 bits per heavy atom. The number of carbonyl (C=O) groups excluding carboxylic acids is 1. The third-order valence-electron chi connectivity index (χ3n) is 5.14. The van der Waals surface area contributed by atoms with Gasteiger partial charge >= 0.3 is 0 Å². The molecule has 0 saturated carbocycles. The number of hydrogen-bond donors (Lipinski definition) is 2. The number of benzene rings is 1. The lowest BCUT2D eigenvalue weighted by molar-refractivity contribution is 0.0951. The van der Waals surface area contributed by atoms with Crippen LogP contribution in [0, 0.1) is 18.3 Å². The zero-order valence-electron chi connectivity index (χ0n) is 18.1. The fourth-order valence-electron chi connectivity index (χ4n) is 3.21. The molecule has 0 aliphatic carbocycles. The van der Waals surface area contributed by atoms with Crippen molar-refractivity contribution in [3.63, 3.8) is 0 Å². The summed E-state index contributed by atoms with van der Waals surface area (Å²) in [4.78, 5) is 25.0. The van der Waals surface area contributed by atoms with Crippen LogP contribution in [-0.2, 0) is 20.1 Å². The van der Waals surface area contributed by atoms with Crippen molar-refractivity contribution in [2.75, 3.05) is 5.32 Å². The average Bonchev–Trinajstić information content (AvgIpc) is 3.23. The standard InChI is InChI=1S/C23H21N9O/c1-15-3-4-16(11-24)9-18(15)12-28-23(33)17-5-8-26-20(10-17)27-13-21-30-31-22(32(21)2)19-6-7-25-14-29-19/h3-10,14H,12-13H2,1-2H3,(H,26,27)(H,28,33). The molecule has 0 fully saturated rings. The molecule has 0 unspecified atom stereocenters. The van der Waals surface area contributed by atoms with Crippen molar-refractivity contribution in [2.24, 2.45) is 7.05 Å². The Balaban J connectivity index is 1.40. The summed E-state index contributed by atoms with van der Waals surface area (Å²) in [6.07, 6.45) is 4.68. The maximum absolute atomic E-state index is 12.7. The highest BCUT2D eigenvalue weighted by Gasteiger charge is 2.13. The zero-order valence-corrected chi connectivity index (χ0v) is 18.1. The number of aryl methyl sites for hydroxylation is 1. The maximum atomic E-state index is 12.7. The summed E-state index contributed by atoms with van der Waals surface area (Å²) in [6, 6.07) is 12.6. The number of anilines is 1. The van der Waals surface area contributed by atoms with Crippen molar-refractivity contribution in [1.29, 1.82) is 5.26 Å². The van der Waals surface area contributed by atoms with Crippen LogP contribution in [0.3, 0.4) is 0 Å². The van der Waals surface area contributed by atoms with Crippen LogP contribution < -0.4 is 10.6 Å². The quantitative estimate of drug-likeness (QED) is 0.448. The summed E-state index contributed by atoms with van der Waals surface area (Å²) in [5, 5.41) is 23.6. The van der Waals surface area contributed by atoms with Gasteiger partial charge in [0.25, 0.3) is 5.91 Å². The molecule has 0 radical (unpaired) electrons. The van der Waals surface area contributed by atoms with Gasteiger partial charge in [-0.25, -0.2) is 15.0 Å². The van der Waals surface area contributed by atoms with E-state index in [9.17, 15) is 4.79 Å². The van der Waals surface area contributed by atoms with Crippen molar-refractivity contribution < 1.29 is 4.79 Å². The minimum absolute atomic E-state index is 0.230. The van der Waals surface area contributed by atoms with E-state index in [1.165, 1.54) is 6.33 Å². The molecule has 4 rings (SSSR count). The Hall–Kier alpha value is -4.65. The van der Waals surface area contributed by atoms with Crippen molar-refractivity contribution >= 4 is 11.7 Å². The number of nitrogens with one attached hydrogen (secondary N) is 2. The van der Waals surface area contributed by atoms with Gasteiger partial charge in [-0.05, 0) is 48.4 Å². The summed E-state index contributed by atoms with van der Waals surface area (Å²) in [5.74, 6) is 1.63. The van der Waals surface area contributed by atoms with Gasteiger partial charge in [0, 0.05) is 31.5 Å². The highest BCUT2D eigenvalue weighted by Crippen LogP contribution is 2.15. The Bertz CT molecular complexity index is 1330. The molecule has 1 amide bonds. The van der Waals surface area contributed by atoms with E-state index in [1.807, 2.05) is 24.6 Å². The number of rotatable bonds is 7. The SMILES string of the molecule is Cc1ccc(C#N)cc1CNC(=O)c1ccnc(NCc2nnc(-c3ccncn3)n2C)c1. The van der Waals surface area contributed by atoms with Crippen molar-refractivity contribution in [1.82, 2.24) is 35.0 Å². The molecule has 2 N–H and O–H groups in total. The van der Waals surface area contributed by atoms with Crippen LogP contribution in [-0.4, -0.2) is 35.6 Å². The van der Waals surface area contributed by atoms with Crippen LogP contribution in [0.15, 0.2) is 55.1 Å². The molecule has 0 aliphatic rings. The second-order valence-electron chi connectivity index (χ2n) is 7.31. The highest BCUT2D eigenvalue weighted by atomic mass is 16.1. The Morgan fingerprint density at radius 3 is 2.76 bits per heavy atom. The van der Waals surface area contributed by atoms with E-state index in [4.69, 9.17) is 5.26 Å². The second kappa shape index (κ2) is 9.65. The van der Waals surface area contributed by atoms with Crippen LogP contribution >= 0.6 is 0 Å². The molecule has 1 aromatic carbocycles. The van der Waals surface area contributed by atoms with Gasteiger partial charge in [0.1, 0.15) is 17.8 Å². The molecule has 0 spiro atoms. The number of hydrogen-bond acceptors (Lipinski definition) is 8. The predicted molar refractivity (Wildman–Crippen MR) is 121 cm³/mol. The van der Waals surface area contributed by atoms with E-state index in [1.54, 1.807) is 42.7 Å². The van der Waals surface area contributed by atoms with Gasteiger partial charge in [0.15, 0.2) is 11.6 Å². The smallest absolute Gasteiger partial charge is 0.251 e. The highest BCUT2D eigenvalue weighted by molar-refractivity contribution is 5.94. The first-order valence-corrected chi connectivity index (χ1v) is 10.2. The first-order chi connectivity index (χ1) is 16.0. The Morgan fingerprint density at radius 1 is 1.09 bits per heavy atom. The molecular formula is C23H21N9O. The summed E-state index contributed by atoms with van der Waals surface area (Å²) in [7, 11) is 1.86. The molecular weight excluding hydrogens is 418 g/mol. The summed E-state index contributed by atoms with van der Waals surface area (Å²) in [6.45, 7) is 2.64. The lowest BCUT2D eigenvalue weighted by Crippen LogP contribution is -2.23. The molecule has 0 aliphatic heterocycles. The zero-order chi connectivity index (χ0) is 23.2. The monoisotopic (exact) mass is 439 g/mol. The largest absolute Gasteiger partial charge is 0.363 e. The van der Waals surface area contributed by atoms with Gasteiger partial charge in [0.05, 0.1) is 18.2 Å². The molecule has 0 saturated heterocycles. The number of aromatic nitrogens is 6. The van der Waals surface area contributed by atoms with Crippen LogP contribution in [0.25, 0.3) is 11.5 Å². The minimum Gasteiger partial charge on any atom is -0.363 e. The van der Waals surface area contributed by atoms with Crippen molar-refractivity contribution in [3.05, 3.63) is 83.2 Å². The third-order valence-corrected chi connectivity index (χ3v) is 5.14. The number of nitriles is 1. The van der Waals surface area contributed by atoms with E-state index in [0.29, 0.717) is 47.4 Å². The van der Waals surface area contributed by atoms with Gasteiger partial charge in [-0.1, -0.05) is 6.07 Å². The van der Waals surface area contributed by atoms with E-state index in [2.05, 4.69) is 41.9 Å². The van der Waals surface area contributed by atoms with E-state index < -0.39 is 0 Å². The van der Waals surface area contributed by atoms with Crippen molar-refractivity contribution in [2.45, 2.75) is 20.0 Å². The normalized spacial score (nSPS) is 10.5. The van der Waals surface area contributed by atoms with Gasteiger partial charge in [-0.15, -0.1) is 10.2 Å².